The van der Waals surface area contributed by atoms with Crippen LogP contribution < -0.4 is 10.6 Å². The van der Waals surface area contributed by atoms with E-state index in [0.29, 0.717) is 12.5 Å². The number of carboxylic acid groups (broad SMARTS) is 1. The standard InChI is InChI=1S/C11H16N2O5/c1-18-8-3-2-7(6-8)12-11(17)13-9(14)4-5-10(15)16/h4-5,7-8H,2-3,6H2,1H3,(H,15,16)(H2,12,13,14,17)/b5-4+. The molecule has 0 aromatic rings. The van der Waals surface area contributed by atoms with Gasteiger partial charge in [0.25, 0.3) is 5.91 Å². The van der Waals surface area contributed by atoms with Crippen molar-refractivity contribution in [3.63, 3.8) is 0 Å². The Morgan fingerprint density at radius 2 is 2.00 bits per heavy atom. The monoisotopic (exact) mass is 256 g/mol. The van der Waals surface area contributed by atoms with E-state index in [1.807, 2.05) is 5.32 Å². The van der Waals surface area contributed by atoms with Crippen molar-refractivity contribution < 1.29 is 24.2 Å². The Bertz CT molecular complexity index is 366. The van der Waals surface area contributed by atoms with Crippen LogP contribution in [0.1, 0.15) is 19.3 Å². The van der Waals surface area contributed by atoms with Gasteiger partial charge < -0.3 is 15.2 Å². The minimum Gasteiger partial charge on any atom is -0.478 e. The summed E-state index contributed by atoms with van der Waals surface area (Å²) in [6.45, 7) is 0. The van der Waals surface area contributed by atoms with Gasteiger partial charge in [-0.3, -0.25) is 10.1 Å². The predicted octanol–water partition coefficient (Wildman–Crippen LogP) is 0.0205. The zero-order valence-electron chi connectivity index (χ0n) is 10.0. The molecule has 0 aromatic carbocycles. The lowest BCUT2D eigenvalue weighted by atomic mass is 10.2. The fourth-order valence-corrected chi connectivity index (χ4v) is 1.81. The first-order chi connectivity index (χ1) is 8.51. The average Bonchev–Trinajstić information content (AvgIpc) is 2.73. The maximum Gasteiger partial charge on any atom is 0.328 e. The largest absolute Gasteiger partial charge is 0.478 e. The molecular formula is C11H16N2O5. The molecule has 1 fully saturated rings. The zero-order valence-corrected chi connectivity index (χ0v) is 10.0. The molecule has 2 atom stereocenters. The Kier molecular flexibility index (Phi) is 5.31. The van der Waals surface area contributed by atoms with Crippen LogP contribution >= 0.6 is 0 Å². The zero-order chi connectivity index (χ0) is 13.5. The molecule has 0 bridgehead atoms. The van der Waals surface area contributed by atoms with Gasteiger partial charge >= 0.3 is 12.0 Å². The van der Waals surface area contributed by atoms with Gasteiger partial charge in [0, 0.05) is 25.3 Å². The van der Waals surface area contributed by atoms with Gasteiger partial charge in [-0.05, 0) is 19.3 Å². The van der Waals surface area contributed by atoms with Gasteiger partial charge in [-0.25, -0.2) is 9.59 Å². The number of carbonyl (C=O) groups is 3. The van der Waals surface area contributed by atoms with E-state index in [4.69, 9.17) is 9.84 Å². The molecule has 100 valence electrons. The number of amides is 3. The van der Waals surface area contributed by atoms with E-state index < -0.39 is 17.9 Å². The molecule has 1 aliphatic carbocycles. The molecule has 0 saturated heterocycles. The quantitative estimate of drug-likeness (QED) is 0.615. The topological polar surface area (TPSA) is 105 Å². The number of methoxy groups -OCH3 is 1. The van der Waals surface area contributed by atoms with Crippen LogP contribution in [-0.2, 0) is 14.3 Å². The second-order valence-corrected chi connectivity index (χ2v) is 4.00. The Morgan fingerprint density at radius 3 is 2.56 bits per heavy atom. The van der Waals surface area contributed by atoms with Crippen molar-refractivity contribution in [2.24, 2.45) is 0 Å². The lowest BCUT2D eigenvalue weighted by molar-refractivity contribution is -0.131. The fraction of sp³-hybridized carbons (Fsp3) is 0.545. The summed E-state index contributed by atoms with van der Waals surface area (Å²) < 4.78 is 5.15. The van der Waals surface area contributed by atoms with Gasteiger partial charge in [-0.15, -0.1) is 0 Å². The van der Waals surface area contributed by atoms with Crippen molar-refractivity contribution in [1.29, 1.82) is 0 Å². The van der Waals surface area contributed by atoms with E-state index in [1.54, 1.807) is 7.11 Å². The highest BCUT2D eigenvalue weighted by Gasteiger charge is 2.25. The summed E-state index contributed by atoms with van der Waals surface area (Å²) in [7, 11) is 1.62. The number of ether oxygens (including phenoxy) is 1. The van der Waals surface area contributed by atoms with Gasteiger partial charge in [0.1, 0.15) is 0 Å². The third kappa shape index (κ3) is 4.96. The van der Waals surface area contributed by atoms with E-state index in [0.717, 1.165) is 18.9 Å². The fourth-order valence-electron chi connectivity index (χ4n) is 1.81. The molecule has 3 amide bonds. The summed E-state index contributed by atoms with van der Waals surface area (Å²) >= 11 is 0. The van der Waals surface area contributed by atoms with Gasteiger partial charge in [-0.2, -0.15) is 0 Å². The van der Waals surface area contributed by atoms with Crippen LogP contribution in [-0.4, -0.2) is 42.3 Å². The molecule has 0 aliphatic heterocycles. The minimum absolute atomic E-state index is 0.0220. The molecule has 7 nitrogen and oxygen atoms in total. The number of hydrogen-bond donors (Lipinski definition) is 3. The lowest BCUT2D eigenvalue weighted by Gasteiger charge is -2.12. The third-order valence-corrected chi connectivity index (χ3v) is 2.67. The molecule has 0 heterocycles. The molecule has 1 aliphatic rings. The van der Waals surface area contributed by atoms with E-state index in [2.05, 4.69) is 5.32 Å². The molecule has 7 heteroatoms. The first kappa shape index (κ1) is 14.2. The van der Waals surface area contributed by atoms with Crippen molar-refractivity contribution in [3.05, 3.63) is 12.2 Å². The minimum atomic E-state index is -1.25. The van der Waals surface area contributed by atoms with Gasteiger partial charge in [0.2, 0.25) is 0 Å². The van der Waals surface area contributed by atoms with Crippen LogP contribution in [0, 0.1) is 0 Å². The Labute approximate surface area is 104 Å². The molecule has 3 N–H and O–H groups in total. The average molecular weight is 256 g/mol. The number of aliphatic carboxylic acids is 1. The van der Waals surface area contributed by atoms with Gasteiger partial charge in [0.05, 0.1) is 6.10 Å². The molecule has 18 heavy (non-hydrogen) atoms. The number of imide groups is 1. The van der Waals surface area contributed by atoms with Crippen LogP contribution in [0.3, 0.4) is 0 Å². The van der Waals surface area contributed by atoms with Crippen LogP contribution in [0.5, 0.6) is 0 Å². The number of carboxylic acids is 1. The highest BCUT2D eigenvalue weighted by atomic mass is 16.5. The van der Waals surface area contributed by atoms with E-state index in [1.165, 1.54) is 0 Å². The van der Waals surface area contributed by atoms with Crippen molar-refractivity contribution in [2.45, 2.75) is 31.4 Å². The van der Waals surface area contributed by atoms with Crippen LogP contribution in [0.4, 0.5) is 4.79 Å². The predicted molar refractivity (Wildman–Crippen MR) is 61.9 cm³/mol. The molecular weight excluding hydrogens is 240 g/mol. The number of rotatable bonds is 4. The molecule has 1 saturated carbocycles. The Hall–Kier alpha value is -1.89. The Morgan fingerprint density at radius 1 is 1.28 bits per heavy atom. The molecule has 1 rings (SSSR count). The second kappa shape index (κ2) is 6.75. The smallest absolute Gasteiger partial charge is 0.328 e. The highest BCUT2D eigenvalue weighted by Crippen LogP contribution is 2.21. The van der Waals surface area contributed by atoms with Crippen LogP contribution in [0.25, 0.3) is 0 Å². The number of nitrogens with one attached hydrogen (secondary N) is 2. The normalized spacial score (nSPS) is 22.9. The van der Waals surface area contributed by atoms with E-state index in [-0.39, 0.29) is 12.1 Å². The SMILES string of the molecule is COC1CCC(NC(=O)NC(=O)/C=C/C(=O)O)C1. The molecule has 0 spiro atoms. The van der Waals surface area contributed by atoms with Crippen LogP contribution in [0.2, 0.25) is 0 Å². The first-order valence-corrected chi connectivity index (χ1v) is 5.56. The lowest BCUT2D eigenvalue weighted by Crippen LogP contribution is -2.43. The second-order valence-electron chi connectivity index (χ2n) is 4.00. The number of urea groups is 1. The van der Waals surface area contributed by atoms with E-state index >= 15 is 0 Å². The summed E-state index contributed by atoms with van der Waals surface area (Å²) in [5, 5.41) is 12.9. The third-order valence-electron chi connectivity index (χ3n) is 2.67. The Balaban J connectivity index is 2.29. The van der Waals surface area contributed by atoms with Gasteiger partial charge in [0.15, 0.2) is 0 Å². The first-order valence-electron chi connectivity index (χ1n) is 5.56. The summed E-state index contributed by atoms with van der Waals surface area (Å²) in [4.78, 5) is 32.6. The summed E-state index contributed by atoms with van der Waals surface area (Å²) in [5.41, 5.74) is 0. The van der Waals surface area contributed by atoms with Crippen molar-refractivity contribution in [1.82, 2.24) is 10.6 Å². The van der Waals surface area contributed by atoms with Crippen molar-refractivity contribution >= 4 is 17.9 Å². The molecule has 0 aromatic heterocycles. The summed E-state index contributed by atoms with van der Waals surface area (Å²) in [5.74, 6) is -2.01. The maximum atomic E-state index is 11.4. The maximum absolute atomic E-state index is 11.4. The number of carbonyl (C=O) groups excluding carboxylic acids is 2. The highest BCUT2D eigenvalue weighted by molar-refractivity contribution is 6.02. The van der Waals surface area contributed by atoms with Crippen molar-refractivity contribution in [2.75, 3.05) is 7.11 Å². The van der Waals surface area contributed by atoms with Crippen molar-refractivity contribution in [3.8, 4) is 0 Å². The van der Waals surface area contributed by atoms with E-state index in [9.17, 15) is 14.4 Å². The van der Waals surface area contributed by atoms with Gasteiger partial charge in [-0.1, -0.05) is 0 Å². The number of hydrogen-bond acceptors (Lipinski definition) is 4. The molecule has 0 radical (unpaired) electrons. The molecule has 2 unspecified atom stereocenters. The van der Waals surface area contributed by atoms with Crippen LogP contribution in [0.15, 0.2) is 12.2 Å². The summed E-state index contributed by atoms with van der Waals surface area (Å²) in [6.07, 6.45) is 3.97. The summed E-state index contributed by atoms with van der Waals surface area (Å²) in [6, 6.07) is -0.650.